The zero-order valence-electron chi connectivity index (χ0n) is 12.0. The van der Waals surface area contributed by atoms with Crippen LogP contribution in [0.3, 0.4) is 0 Å². The Morgan fingerprint density at radius 1 is 1.40 bits per heavy atom. The molecule has 1 aliphatic heterocycles. The Labute approximate surface area is 129 Å². The normalized spacial score (nSPS) is 26.4. The van der Waals surface area contributed by atoms with E-state index in [9.17, 15) is 4.79 Å². The summed E-state index contributed by atoms with van der Waals surface area (Å²) in [6.45, 7) is 4.97. The van der Waals surface area contributed by atoms with Crippen LogP contribution in [0.1, 0.15) is 38.0 Å². The SMILES string of the molecule is CC1CC(CNC(=O)CCc2ccc(Cl)s2)CC(C)O1. The van der Waals surface area contributed by atoms with Crippen LogP contribution < -0.4 is 5.32 Å². The molecule has 0 radical (unpaired) electrons. The number of carbonyl (C=O) groups excluding carboxylic acids is 1. The van der Waals surface area contributed by atoms with E-state index in [1.54, 1.807) is 11.3 Å². The monoisotopic (exact) mass is 315 g/mol. The predicted molar refractivity (Wildman–Crippen MR) is 83.4 cm³/mol. The molecule has 1 fully saturated rings. The largest absolute Gasteiger partial charge is 0.376 e. The summed E-state index contributed by atoms with van der Waals surface area (Å²) in [4.78, 5) is 13.0. The van der Waals surface area contributed by atoms with Gasteiger partial charge in [-0.2, -0.15) is 0 Å². The van der Waals surface area contributed by atoms with E-state index < -0.39 is 0 Å². The topological polar surface area (TPSA) is 38.3 Å². The molecule has 2 atom stereocenters. The molecule has 1 amide bonds. The van der Waals surface area contributed by atoms with E-state index in [1.807, 2.05) is 12.1 Å². The lowest BCUT2D eigenvalue weighted by atomic mass is 9.92. The highest BCUT2D eigenvalue weighted by molar-refractivity contribution is 7.16. The molecule has 1 aromatic heterocycles. The number of halogens is 1. The highest BCUT2D eigenvalue weighted by atomic mass is 35.5. The molecule has 1 saturated heterocycles. The van der Waals surface area contributed by atoms with Gasteiger partial charge in [-0.3, -0.25) is 4.79 Å². The van der Waals surface area contributed by atoms with E-state index in [4.69, 9.17) is 16.3 Å². The fourth-order valence-corrected chi connectivity index (χ4v) is 3.87. The van der Waals surface area contributed by atoms with Gasteiger partial charge in [0.2, 0.25) is 5.91 Å². The van der Waals surface area contributed by atoms with Crippen molar-refractivity contribution in [1.82, 2.24) is 5.32 Å². The molecule has 2 heterocycles. The predicted octanol–water partition coefficient (Wildman–Crippen LogP) is 3.65. The summed E-state index contributed by atoms with van der Waals surface area (Å²) in [5.41, 5.74) is 0. The Balaban J connectivity index is 1.67. The van der Waals surface area contributed by atoms with Gasteiger partial charge in [0.1, 0.15) is 0 Å². The van der Waals surface area contributed by atoms with Gasteiger partial charge in [0.05, 0.1) is 16.5 Å². The number of amides is 1. The Kier molecular flexibility index (Phi) is 5.87. The maximum Gasteiger partial charge on any atom is 0.220 e. The minimum Gasteiger partial charge on any atom is -0.376 e. The highest BCUT2D eigenvalue weighted by Gasteiger charge is 2.24. The van der Waals surface area contributed by atoms with Gasteiger partial charge in [0.15, 0.2) is 0 Å². The summed E-state index contributed by atoms with van der Waals surface area (Å²) in [7, 11) is 0. The number of rotatable bonds is 5. The van der Waals surface area contributed by atoms with E-state index in [1.165, 1.54) is 4.88 Å². The molecule has 0 bridgehead atoms. The van der Waals surface area contributed by atoms with Crippen molar-refractivity contribution in [2.24, 2.45) is 5.92 Å². The van der Waals surface area contributed by atoms with Crippen LogP contribution in [-0.4, -0.2) is 24.7 Å². The van der Waals surface area contributed by atoms with E-state index in [0.717, 1.165) is 30.1 Å². The van der Waals surface area contributed by atoms with E-state index in [0.29, 0.717) is 24.5 Å². The van der Waals surface area contributed by atoms with Gasteiger partial charge in [-0.1, -0.05) is 11.6 Å². The standard InChI is InChI=1S/C15H22ClNO2S/c1-10-7-12(8-11(2)19-10)9-17-15(18)6-4-13-3-5-14(16)20-13/h3,5,10-12H,4,6-9H2,1-2H3,(H,17,18). The van der Waals surface area contributed by atoms with Gasteiger partial charge >= 0.3 is 0 Å². The third-order valence-electron chi connectivity index (χ3n) is 3.61. The first-order valence-electron chi connectivity index (χ1n) is 7.19. The number of thiophene rings is 1. The highest BCUT2D eigenvalue weighted by Crippen LogP contribution is 2.24. The molecule has 3 nitrogen and oxygen atoms in total. The van der Waals surface area contributed by atoms with Gasteiger partial charge in [0, 0.05) is 17.8 Å². The summed E-state index contributed by atoms with van der Waals surface area (Å²) in [5.74, 6) is 0.662. The van der Waals surface area contributed by atoms with Crippen molar-refractivity contribution in [3.8, 4) is 0 Å². The van der Waals surface area contributed by atoms with Crippen LogP contribution in [0, 0.1) is 5.92 Å². The number of carbonyl (C=O) groups is 1. The second kappa shape index (κ2) is 7.43. The third-order valence-corrected chi connectivity index (χ3v) is 4.90. The average Bonchev–Trinajstić information content (AvgIpc) is 2.79. The first-order chi connectivity index (χ1) is 9.52. The van der Waals surface area contributed by atoms with Crippen molar-refractivity contribution in [2.45, 2.75) is 51.7 Å². The minimum absolute atomic E-state index is 0.126. The molecule has 0 aromatic carbocycles. The maximum atomic E-state index is 11.9. The first kappa shape index (κ1) is 15.8. The van der Waals surface area contributed by atoms with Crippen molar-refractivity contribution in [2.75, 3.05) is 6.54 Å². The van der Waals surface area contributed by atoms with E-state index >= 15 is 0 Å². The summed E-state index contributed by atoms with van der Waals surface area (Å²) in [5, 5.41) is 3.05. The molecule has 0 aliphatic carbocycles. The number of hydrogen-bond acceptors (Lipinski definition) is 3. The molecule has 112 valence electrons. The van der Waals surface area contributed by atoms with Gasteiger partial charge in [-0.25, -0.2) is 0 Å². The van der Waals surface area contributed by atoms with Crippen molar-refractivity contribution in [3.63, 3.8) is 0 Å². The molecule has 1 aliphatic rings. The van der Waals surface area contributed by atoms with Crippen LogP contribution in [0.2, 0.25) is 4.34 Å². The summed E-state index contributed by atoms with van der Waals surface area (Å²) < 4.78 is 6.49. The zero-order chi connectivity index (χ0) is 14.5. The molecule has 1 aromatic rings. The van der Waals surface area contributed by atoms with E-state index in [-0.39, 0.29) is 5.91 Å². The Hall–Kier alpha value is -0.580. The molecular formula is C15H22ClNO2S. The minimum atomic E-state index is 0.126. The lowest BCUT2D eigenvalue weighted by Gasteiger charge is -2.32. The molecule has 0 saturated carbocycles. The van der Waals surface area contributed by atoms with Gasteiger partial charge < -0.3 is 10.1 Å². The average molecular weight is 316 g/mol. The number of nitrogens with one attached hydrogen (secondary N) is 1. The first-order valence-corrected chi connectivity index (χ1v) is 8.38. The fourth-order valence-electron chi connectivity index (χ4n) is 2.78. The molecule has 20 heavy (non-hydrogen) atoms. The van der Waals surface area contributed by atoms with Crippen LogP contribution >= 0.6 is 22.9 Å². The zero-order valence-corrected chi connectivity index (χ0v) is 13.6. The van der Waals surface area contributed by atoms with Crippen molar-refractivity contribution < 1.29 is 9.53 Å². The molecule has 0 spiro atoms. The van der Waals surface area contributed by atoms with Crippen molar-refractivity contribution in [1.29, 1.82) is 0 Å². The fraction of sp³-hybridized carbons (Fsp3) is 0.667. The van der Waals surface area contributed by atoms with E-state index in [2.05, 4.69) is 19.2 Å². The summed E-state index contributed by atoms with van der Waals surface area (Å²) >= 11 is 7.42. The number of aryl methyl sites for hydroxylation is 1. The van der Waals surface area contributed by atoms with Crippen LogP contribution in [0.4, 0.5) is 0 Å². The van der Waals surface area contributed by atoms with Gasteiger partial charge in [-0.15, -0.1) is 11.3 Å². The number of hydrogen-bond donors (Lipinski definition) is 1. The van der Waals surface area contributed by atoms with Crippen LogP contribution in [0.15, 0.2) is 12.1 Å². The molecular weight excluding hydrogens is 294 g/mol. The van der Waals surface area contributed by atoms with Gasteiger partial charge in [0.25, 0.3) is 0 Å². The second-order valence-corrected chi connectivity index (χ2v) is 7.40. The molecule has 5 heteroatoms. The Morgan fingerprint density at radius 3 is 2.70 bits per heavy atom. The van der Waals surface area contributed by atoms with Crippen molar-refractivity contribution in [3.05, 3.63) is 21.3 Å². The van der Waals surface area contributed by atoms with Crippen LogP contribution in [0.5, 0.6) is 0 Å². The molecule has 2 rings (SSSR count). The smallest absolute Gasteiger partial charge is 0.220 e. The second-order valence-electron chi connectivity index (χ2n) is 5.60. The Morgan fingerprint density at radius 2 is 2.10 bits per heavy atom. The third kappa shape index (κ3) is 5.08. The summed E-state index contributed by atoms with van der Waals surface area (Å²) in [6.07, 6.45) is 3.97. The molecule has 1 N–H and O–H groups in total. The summed E-state index contributed by atoms with van der Waals surface area (Å²) in [6, 6.07) is 3.87. The Bertz CT molecular complexity index is 439. The quantitative estimate of drug-likeness (QED) is 0.900. The maximum absolute atomic E-state index is 11.9. The lowest BCUT2D eigenvalue weighted by Crippen LogP contribution is -2.37. The number of ether oxygens (including phenoxy) is 1. The van der Waals surface area contributed by atoms with Crippen molar-refractivity contribution >= 4 is 28.8 Å². The molecule has 2 unspecified atom stereocenters. The van der Waals surface area contributed by atoms with Gasteiger partial charge in [-0.05, 0) is 51.2 Å². The van der Waals surface area contributed by atoms with Crippen LogP contribution in [0.25, 0.3) is 0 Å². The lowest BCUT2D eigenvalue weighted by molar-refractivity contribution is -0.121. The van der Waals surface area contributed by atoms with Crippen LogP contribution in [-0.2, 0) is 16.0 Å².